The summed E-state index contributed by atoms with van der Waals surface area (Å²) in [6.07, 6.45) is 3.14. The number of carbonyl (C=O) groups is 1. The summed E-state index contributed by atoms with van der Waals surface area (Å²) >= 11 is 0. The Kier molecular flexibility index (Phi) is 5.98. The van der Waals surface area contributed by atoms with Crippen molar-refractivity contribution in [2.45, 2.75) is 31.1 Å². The molecule has 0 aliphatic rings. The monoisotopic (exact) mass is 284 g/mol. The van der Waals surface area contributed by atoms with Gasteiger partial charge < -0.3 is 5.32 Å². The first-order valence-electron chi connectivity index (χ1n) is 6.33. The van der Waals surface area contributed by atoms with Gasteiger partial charge >= 0.3 is 0 Å². The van der Waals surface area contributed by atoms with E-state index in [0.29, 0.717) is 12.1 Å². The summed E-state index contributed by atoms with van der Waals surface area (Å²) in [5, 5.41) is 2.80. The lowest BCUT2D eigenvalue weighted by Crippen LogP contribution is -2.24. The Bertz CT molecular complexity index is 509. The molecular formula is C13H20N2O3S. The molecule has 5 nitrogen and oxygen atoms in total. The number of rotatable bonds is 7. The zero-order valence-corrected chi connectivity index (χ0v) is 12.1. The molecule has 1 amide bonds. The van der Waals surface area contributed by atoms with Gasteiger partial charge in [-0.3, -0.25) is 4.79 Å². The Hall–Kier alpha value is -1.40. The highest BCUT2D eigenvalue weighted by molar-refractivity contribution is 7.89. The molecular weight excluding hydrogens is 264 g/mol. The van der Waals surface area contributed by atoms with Crippen LogP contribution < -0.4 is 10.0 Å². The van der Waals surface area contributed by atoms with Gasteiger partial charge in [-0.15, -0.1) is 0 Å². The minimum atomic E-state index is -3.45. The Labute approximate surface area is 114 Å². The molecule has 0 spiro atoms. The Morgan fingerprint density at radius 1 is 1.16 bits per heavy atom. The van der Waals surface area contributed by atoms with E-state index in [4.69, 9.17) is 0 Å². The molecule has 19 heavy (non-hydrogen) atoms. The van der Waals surface area contributed by atoms with Crippen molar-refractivity contribution >= 4 is 15.9 Å². The third-order valence-electron chi connectivity index (χ3n) is 2.76. The summed E-state index contributed by atoms with van der Waals surface area (Å²) in [5.74, 6) is -0.176. The summed E-state index contributed by atoms with van der Waals surface area (Å²) < 4.78 is 25.3. The van der Waals surface area contributed by atoms with Gasteiger partial charge in [0, 0.05) is 12.1 Å². The van der Waals surface area contributed by atoms with Gasteiger partial charge in [0.15, 0.2) is 0 Å². The highest BCUT2D eigenvalue weighted by Crippen LogP contribution is 2.10. The van der Waals surface area contributed by atoms with E-state index in [2.05, 4.69) is 17.0 Å². The van der Waals surface area contributed by atoms with Crippen LogP contribution in [0, 0.1) is 0 Å². The van der Waals surface area contributed by atoms with E-state index in [0.717, 1.165) is 19.3 Å². The number of unbranched alkanes of at least 4 members (excludes halogenated alkanes) is 2. The molecule has 106 valence electrons. The van der Waals surface area contributed by atoms with Crippen LogP contribution in [0.3, 0.4) is 0 Å². The number of nitrogens with one attached hydrogen (secondary N) is 2. The molecule has 1 rings (SSSR count). The zero-order valence-electron chi connectivity index (χ0n) is 11.3. The van der Waals surface area contributed by atoms with Crippen LogP contribution in [0.2, 0.25) is 0 Å². The Balaban J connectivity index is 2.64. The van der Waals surface area contributed by atoms with E-state index in [1.165, 1.54) is 31.3 Å². The van der Waals surface area contributed by atoms with Gasteiger partial charge in [0.1, 0.15) is 0 Å². The smallest absolute Gasteiger partial charge is 0.251 e. The molecule has 1 aromatic rings. The molecule has 0 aliphatic carbocycles. The van der Waals surface area contributed by atoms with Crippen molar-refractivity contribution in [1.82, 2.24) is 10.0 Å². The van der Waals surface area contributed by atoms with Crippen LogP contribution in [0.25, 0.3) is 0 Å². The molecule has 0 fully saturated rings. The number of hydrogen-bond donors (Lipinski definition) is 2. The number of benzene rings is 1. The fourth-order valence-electron chi connectivity index (χ4n) is 1.58. The molecule has 0 unspecified atom stereocenters. The van der Waals surface area contributed by atoms with Crippen LogP contribution in [0.1, 0.15) is 36.5 Å². The van der Waals surface area contributed by atoms with Gasteiger partial charge in [0.25, 0.3) is 5.91 Å². The van der Waals surface area contributed by atoms with Crippen molar-refractivity contribution in [3.8, 4) is 0 Å². The quantitative estimate of drug-likeness (QED) is 0.745. The third-order valence-corrected chi connectivity index (χ3v) is 4.19. The number of amides is 1. The van der Waals surface area contributed by atoms with Crippen LogP contribution in [-0.4, -0.2) is 27.9 Å². The van der Waals surface area contributed by atoms with Gasteiger partial charge in [0.05, 0.1) is 4.90 Å². The summed E-state index contributed by atoms with van der Waals surface area (Å²) in [7, 11) is -2.10. The molecule has 0 heterocycles. The molecule has 1 aromatic carbocycles. The fourth-order valence-corrected chi connectivity index (χ4v) is 2.31. The van der Waals surface area contributed by atoms with Crippen LogP contribution >= 0.6 is 0 Å². The highest BCUT2D eigenvalue weighted by atomic mass is 32.2. The van der Waals surface area contributed by atoms with E-state index >= 15 is 0 Å². The first-order chi connectivity index (χ1) is 9.01. The third kappa shape index (κ3) is 4.65. The molecule has 6 heteroatoms. The topological polar surface area (TPSA) is 75.3 Å². The van der Waals surface area contributed by atoms with E-state index in [-0.39, 0.29) is 10.8 Å². The molecule has 0 saturated carbocycles. The van der Waals surface area contributed by atoms with Gasteiger partial charge in [-0.1, -0.05) is 19.8 Å². The molecule has 0 saturated heterocycles. The minimum absolute atomic E-state index is 0.150. The van der Waals surface area contributed by atoms with Crippen molar-refractivity contribution in [2.24, 2.45) is 0 Å². The van der Waals surface area contributed by atoms with E-state index in [1.54, 1.807) is 0 Å². The average molecular weight is 284 g/mol. The average Bonchev–Trinajstić information content (AvgIpc) is 2.43. The van der Waals surface area contributed by atoms with Crippen molar-refractivity contribution in [2.75, 3.05) is 13.6 Å². The number of sulfonamides is 1. The van der Waals surface area contributed by atoms with Crippen LogP contribution in [0.4, 0.5) is 0 Å². The first kappa shape index (κ1) is 15.7. The first-order valence-corrected chi connectivity index (χ1v) is 7.81. The van der Waals surface area contributed by atoms with Crippen molar-refractivity contribution in [1.29, 1.82) is 0 Å². The van der Waals surface area contributed by atoms with Gasteiger partial charge in [-0.2, -0.15) is 0 Å². The number of hydrogen-bond acceptors (Lipinski definition) is 3. The second-order valence-corrected chi connectivity index (χ2v) is 6.08. The van der Waals surface area contributed by atoms with E-state index < -0.39 is 10.0 Å². The van der Waals surface area contributed by atoms with Gasteiger partial charge in [0.2, 0.25) is 10.0 Å². The Morgan fingerprint density at radius 2 is 1.79 bits per heavy atom. The van der Waals surface area contributed by atoms with Crippen molar-refractivity contribution in [3.05, 3.63) is 29.8 Å². The number of carbonyl (C=O) groups excluding carboxylic acids is 1. The van der Waals surface area contributed by atoms with Gasteiger partial charge in [-0.25, -0.2) is 13.1 Å². The molecule has 0 radical (unpaired) electrons. The normalized spacial score (nSPS) is 11.3. The molecule has 0 atom stereocenters. The second-order valence-electron chi connectivity index (χ2n) is 4.19. The van der Waals surface area contributed by atoms with Gasteiger partial charge in [-0.05, 0) is 37.7 Å². The molecule has 0 aliphatic heterocycles. The van der Waals surface area contributed by atoms with Crippen LogP contribution in [0.5, 0.6) is 0 Å². The zero-order chi connectivity index (χ0) is 14.3. The maximum atomic E-state index is 11.8. The van der Waals surface area contributed by atoms with E-state index in [9.17, 15) is 13.2 Å². The SMILES string of the molecule is CCCCCNC(=O)c1ccc(S(=O)(=O)NC)cc1. The highest BCUT2D eigenvalue weighted by Gasteiger charge is 2.12. The lowest BCUT2D eigenvalue weighted by molar-refractivity contribution is 0.0953. The largest absolute Gasteiger partial charge is 0.352 e. The fraction of sp³-hybridized carbons (Fsp3) is 0.462. The standard InChI is InChI=1S/C13H20N2O3S/c1-3-4-5-10-15-13(16)11-6-8-12(9-7-11)19(17,18)14-2/h6-9,14H,3-5,10H2,1-2H3,(H,15,16). The maximum absolute atomic E-state index is 11.8. The predicted octanol–water partition coefficient (Wildman–Crippen LogP) is 1.51. The maximum Gasteiger partial charge on any atom is 0.251 e. The molecule has 0 bridgehead atoms. The predicted molar refractivity (Wildman–Crippen MR) is 74.5 cm³/mol. The van der Waals surface area contributed by atoms with Crippen molar-refractivity contribution in [3.63, 3.8) is 0 Å². The summed E-state index contributed by atoms with van der Waals surface area (Å²) in [6.45, 7) is 2.74. The molecule has 2 N–H and O–H groups in total. The summed E-state index contributed by atoms with van der Waals surface area (Å²) in [5.41, 5.74) is 0.464. The van der Waals surface area contributed by atoms with Crippen LogP contribution in [-0.2, 0) is 10.0 Å². The lowest BCUT2D eigenvalue weighted by Gasteiger charge is -2.06. The summed E-state index contributed by atoms with van der Waals surface area (Å²) in [4.78, 5) is 11.9. The second kappa shape index (κ2) is 7.25. The lowest BCUT2D eigenvalue weighted by atomic mass is 10.2. The minimum Gasteiger partial charge on any atom is -0.352 e. The molecule has 0 aromatic heterocycles. The van der Waals surface area contributed by atoms with Crippen LogP contribution in [0.15, 0.2) is 29.2 Å². The van der Waals surface area contributed by atoms with Crippen molar-refractivity contribution < 1.29 is 13.2 Å². The Morgan fingerprint density at radius 3 is 2.32 bits per heavy atom. The summed E-state index contributed by atoms with van der Waals surface area (Å²) in [6, 6.07) is 5.87. The van der Waals surface area contributed by atoms with E-state index in [1.807, 2.05) is 0 Å².